The lowest BCUT2D eigenvalue weighted by molar-refractivity contribution is 0.322. The van der Waals surface area contributed by atoms with Crippen molar-refractivity contribution in [1.82, 2.24) is 0 Å². The van der Waals surface area contributed by atoms with Gasteiger partial charge >= 0.3 is 0 Å². The predicted molar refractivity (Wildman–Crippen MR) is 105 cm³/mol. The molecule has 0 heterocycles. The van der Waals surface area contributed by atoms with Crippen LogP contribution in [0.4, 0.5) is 5.69 Å². The van der Waals surface area contributed by atoms with Gasteiger partial charge in [-0.1, -0.05) is 11.6 Å². The van der Waals surface area contributed by atoms with E-state index < -0.39 is 0 Å². The molecule has 0 atom stereocenters. The van der Waals surface area contributed by atoms with E-state index in [0.29, 0.717) is 29.2 Å². The fourth-order valence-corrected chi connectivity index (χ4v) is 2.89. The Morgan fingerprint density at radius 2 is 2.13 bits per heavy atom. The number of aliphatic imine (C=N–C) groups is 1. The van der Waals surface area contributed by atoms with Crippen LogP contribution < -0.4 is 15.8 Å². The Morgan fingerprint density at radius 1 is 1.43 bits per heavy atom. The minimum atomic E-state index is 0. The Balaban J connectivity index is 0.00000264. The van der Waals surface area contributed by atoms with Crippen molar-refractivity contribution < 1.29 is 4.74 Å². The molecule has 1 aliphatic carbocycles. The van der Waals surface area contributed by atoms with Crippen molar-refractivity contribution in [1.29, 1.82) is 5.26 Å². The van der Waals surface area contributed by atoms with Crippen molar-refractivity contribution in [3.63, 3.8) is 0 Å². The summed E-state index contributed by atoms with van der Waals surface area (Å²) in [6.07, 6.45) is 4.03. The monoisotopic (exact) mass is 448 g/mol. The molecule has 7 heteroatoms. The topological polar surface area (TPSA) is 83.4 Å². The third-order valence-corrected chi connectivity index (χ3v) is 4.27. The number of nitrogens with one attached hydrogen (secondary N) is 1. The van der Waals surface area contributed by atoms with Gasteiger partial charge in [-0.05, 0) is 49.8 Å². The first-order valence-corrected chi connectivity index (χ1v) is 7.80. The highest BCUT2D eigenvalue weighted by Gasteiger charge is 2.20. The molecule has 1 fully saturated rings. The lowest BCUT2D eigenvalue weighted by Crippen LogP contribution is -2.24. The minimum Gasteiger partial charge on any atom is -0.495 e. The van der Waals surface area contributed by atoms with Gasteiger partial charge in [0.15, 0.2) is 5.96 Å². The summed E-state index contributed by atoms with van der Waals surface area (Å²) in [5, 5.41) is 12.4. The van der Waals surface area contributed by atoms with Gasteiger partial charge in [-0.3, -0.25) is 4.99 Å². The van der Waals surface area contributed by atoms with E-state index in [9.17, 15) is 0 Å². The zero-order chi connectivity index (χ0) is 15.9. The number of benzene rings is 1. The molecule has 1 aromatic carbocycles. The fourth-order valence-electron chi connectivity index (χ4n) is 2.63. The van der Waals surface area contributed by atoms with Crippen molar-refractivity contribution in [3.05, 3.63) is 23.2 Å². The molecule has 0 amide bonds. The number of nitrogens with two attached hydrogens (primary N) is 1. The molecule has 23 heavy (non-hydrogen) atoms. The molecule has 126 valence electrons. The predicted octanol–water partition coefficient (Wildman–Crippen LogP) is 4.02. The van der Waals surface area contributed by atoms with Gasteiger partial charge in [0.05, 0.1) is 18.2 Å². The van der Waals surface area contributed by atoms with Crippen LogP contribution in [0.5, 0.6) is 5.75 Å². The minimum absolute atomic E-state index is 0. The van der Waals surface area contributed by atoms with Crippen molar-refractivity contribution >= 4 is 47.2 Å². The first-order valence-electron chi connectivity index (χ1n) is 7.42. The number of hydrogen-bond donors (Lipinski definition) is 2. The number of methoxy groups -OCH3 is 1. The second kappa shape index (κ2) is 9.83. The third-order valence-electron chi connectivity index (χ3n) is 3.97. The summed E-state index contributed by atoms with van der Waals surface area (Å²) in [5.41, 5.74) is 6.69. The maximum Gasteiger partial charge on any atom is 0.193 e. The number of ether oxygens (including phenoxy) is 1. The standard InChI is InChI=1S/C16H21ClN4O.HI/c1-22-15-7-6-13(8-14(15)17)21-16(19)20-10-12-4-2-11(9-18)3-5-12;/h6-8,11-12H,2-5,10H2,1H3,(H3,19,20,21);1H. The maximum absolute atomic E-state index is 8.89. The molecule has 0 unspecified atom stereocenters. The van der Waals surface area contributed by atoms with Gasteiger partial charge in [0, 0.05) is 18.2 Å². The summed E-state index contributed by atoms with van der Waals surface area (Å²) in [5.74, 6) is 1.74. The van der Waals surface area contributed by atoms with Gasteiger partial charge in [0.25, 0.3) is 0 Å². The maximum atomic E-state index is 8.89. The smallest absolute Gasteiger partial charge is 0.193 e. The van der Waals surface area contributed by atoms with Crippen LogP contribution in [0.2, 0.25) is 5.02 Å². The Bertz CT molecular complexity index is 580. The molecule has 5 nitrogen and oxygen atoms in total. The van der Waals surface area contributed by atoms with E-state index >= 15 is 0 Å². The Hall–Kier alpha value is -1.20. The van der Waals surface area contributed by atoms with E-state index in [1.54, 1.807) is 19.2 Å². The second-order valence-electron chi connectivity index (χ2n) is 5.55. The average Bonchev–Trinajstić information content (AvgIpc) is 2.53. The highest BCUT2D eigenvalue weighted by molar-refractivity contribution is 14.0. The summed E-state index contributed by atoms with van der Waals surface area (Å²) in [6, 6.07) is 7.71. The summed E-state index contributed by atoms with van der Waals surface area (Å²) < 4.78 is 5.11. The van der Waals surface area contributed by atoms with Crippen LogP contribution in [0.3, 0.4) is 0 Å². The summed E-state index contributed by atoms with van der Waals surface area (Å²) in [7, 11) is 1.57. The van der Waals surface area contributed by atoms with E-state index in [1.165, 1.54) is 0 Å². The largest absolute Gasteiger partial charge is 0.495 e. The molecule has 3 N–H and O–H groups in total. The molecule has 0 spiro atoms. The highest BCUT2D eigenvalue weighted by Crippen LogP contribution is 2.29. The zero-order valence-corrected chi connectivity index (χ0v) is 16.2. The fraction of sp³-hybridized carbons (Fsp3) is 0.500. The van der Waals surface area contributed by atoms with Gasteiger partial charge < -0.3 is 15.8 Å². The first kappa shape index (κ1) is 19.8. The molecule has 1 aliphatic rings. The first-order chi connectivity index (χ1) is 10.6. The van der Waals surface area contributed by atoms with E-state index in [0.717, 1.165) is 31.4 Å². The zero-order valence-electron chi connectivity index (χ0n) is 13.1. The van der Waals surface area contributed by atoms with Gasteiger partial charge in [-0.25, -0.2) is 0 Å². The number of halogens is 2. The number of hydrogen-bond acceptors (Lipinski definition) is 3. The normalized spacial score (nSPS) is 21.0. The van der Waals surface area contributed by atoms with Crippen molar-refractivity contribution in [2.45, 2.75) is 25.7 Å². The van der Waals surface area contributed by atoms with Crippen LogP contribution in [0.15, 0.2) is 23.2 Å². The SMILES string of the molecule is COc1ccc(NC(N)=NCC2CCC(C#N)CC2)cc1Cl.I. The Kier molecular flexibility index (Phi) is 8.48. The van der Waals surface area contributed by atoms with Crippen LogP contribution in [-0.2, 0) is 0 Å². The molecule has 1 saturated carbocycles. The van der Waals surface area contributed by atoms with E-state index in [2.05, 4.69) is 16.4 Å². The Morgan fingerprint density at radius 3 is 2.70 bits per heavy atom. The van der Waals surface area contributed by atoms with Crippen LogP contribution in [0, 0.1) is 23.2 Å². The molecule has 2 rings (SSSR count). The number of nitriles is 1. The van der Waals surface area contributed by atoms with E-state index in [1.807, 2.05) is 6.07 Å². The highest BCUT2D eigenvalue weighted by atomic mass is 127. The molecule has 0 radical (unpaired) electrons. The number of guanidine groups is 1. The molecule has 0 bridgehead atoms. The van der Waals surface area contributed by atoms with Crippen LogP contribution in [0.25, 0.3) is 0 Å². The second-order valence-corrected chi connectivity index (χ2v) is 5.95. The van der Waals surface area contributed by atoms with Crippen LogP contribution in [-0.4, -0.2) is 19.6 Å². The lowest BCUT2D eigenvalue weighted by atomic mass is 9.83. The number of nitrogens with zero attached hydrogens (tertiary/aromatic N) is 2. The quantitative estimate of drug-likeness (QED) is 0.414. The molecule has 0 aromatic heterocycles. The van der Waals surface area contributed by atoms with Crippen LogP contribution >= 0.6 is 35.6 Å². The van der Waals surface area contributed by atoms with E-state index in [4.69, 9.17) is 27.3 Å². The van der Waals surface area contributed by atoms with Gasteiger partial charge in [0.2, 0.25) is 0 Å². The summed E-state index contributed by atoms with van der Waals surface area (Å²) >= 11 is 6.07. The van der Waals surface area contributed by atoms with Gasteiger partial charge in [-0.15, -0.1) is 24.0 Å². The molecular weight excluding hydrogens is 427 g/mol. The average molecular weight is 449 g/mol. The molecule has 0 aliphatic heterocycles. The lowest BCUT2D eigenvalue weighted by Gasteiger charge is -2.23. The van der Waals surface area contributed by atoms with Gasteiger partial charge in [0.1, 0.15) is 5.75 Å². The summed E-state index contributed by atoms with van der Waals surface area (Å²) in [4.78, 5) is 4.39. The van der Waals surface area contributed by atoms with Crippen LogP contribution in [0.1, 0.15) is 25.7 Å². The van der Waals surface area contributed by atoms with Crippen molar-refractivity contribution in [2.75, 3.05) is 19.0 Å². The molecule has 1 aromatic rings. The Labute approximate surface area is 159 Å². The van der Waals surface area contributed by atoms with Crippen molar-refractivity contribution in [3.8, 4) is 11.8 Å². The van der Waals surface area contributed by atoms with E-state index in [-0.39, 0.29) is 29.9 Å². The number of rotatable bonds is 4. The molecule has 0 saturated heterocycles. The summed E-state index contributed by atoms with van der Waals surface area (Å²) in [6.45, 7) is 0.695. The molecular formula is C16H22ClIN4O. The van der Waals surface area contributed by atoms with Gasteiger partial charge in [-0.2, -0.15) is 5.26 Å². The number of anilines is 1. The third kappa shape index (κ3) is 6.07. The van der Waals surface area contributed by atoms with Crippen molar-refractivity contribution in [2.24, 2.45) is 22.6 Å².